The third-order valence-corrected chi connectivity index (χ3v) is 22.4. The number of nitrogens with one attached hydrogen (secondary N) is 1. The summed E-state index contributed by atoms with van der Waals surface area (Å²) in [6.07, 6.45) is 82.2. The van der Waals surface area contributed by atoms with E-state index in [9.17, 15) is 45.6 Å². The highest BCUT2D eigenvalue weighted by atomic mass is 16.7. The van der Waals surface area contributed by atoms with Gasteiger partial charge in [0.05, 0.1) is 32.0 Å². The van der Waals surface area contributed by atoms with Crippen LogP contribution >= 0.6 is 0 Å². The zero-order valence-electron chi connectivity index (χ0n) is 67.8. The van der Waals surface area contributed by atoms with Crippen LogP contribution in [0.25, 0.3) is 0 Å². The molecule has 12 atom stereocenters. The number of allylic oxidation sites excluding steroid dienone is 6. The summed E-state index contributed by atoms with van der Waals surface area (Å²) in [6, 6.07) is -0.829. The van der Waals surface area contributed by atoms with Crippen molar-refractivity contribution >= 4 is 5.91 Å². The minimum absolute atomic E-state index is 0.196. The second-order valence-corrected chi connectivity index (χ2v) is 32.1. The maximum Gasteiger partial charge on any atom is 0.220 e. The summed E-state index contributed by atoms with van der Waals surface area (Å²) in [7, 11) is 0. The average Bonchev–Trinajstić information content (AvgIpc) is 0.789. The van der Waals surface area contributed by atoms with Crippen molar-refractivity contribution in [1.82, 2.24) is 5.32 Å². The molecule has 614 valence electrons. The molecule has 2 rings (SSSR count). The molecule has 0 radical (unpaired) electrons. The number of rotatable bonds is 78. The van der Waals surface area contributed by atoms with Crippen LogP contribution in [0.15, 0.2) is 36.5 Å². The first-order valence-corrected chi connectivity index (χ1v) is 45.2. The van der Waals surface area contributed by atoms with Gasteiger partial charge in [0.1, 0.15) is 48.8 Å². The van der Waals surface area contributed by atoms with Crippen LogP contribution in [0.3, 0.4) is 0 Å². The maximum absolute atomic E-state index is 13.4. The van der Waals surface area contributed by atoms with E-state index >= 15 is 0 Å². The summed E-state index contributed by atoms with van der Waals surface area (Å²) in [4.78, 5) is 13.4. The lowest BCUT2D eigenvalue weighted by atomic mass is 9.97. The Morgan fingerprint density at radius 2 is 0.635 bits per heavy atom. The van der Waals surface area contributed by atoms with Crippen molar-refractivity contribution in [1.29, 1.82) is 0 Å². The van der Waals surface area contributed by atoms with Gasteiger partial charge in [-0.1, -0.05) is 416 Å². The largest absolute Gasteiger partial charge is 0.394 e. The predicted octanol–water partition coefficient (Wildman–Crippen LogP) is 21.9. The number of amides is 1. The lowest BCUT2D eigenvalue weighted by Gasteiger charge is -2.46. The van der Waals surface area contributed by atoms with E-state index in [1.54, 1.807) is 0 Å². The molecule has 0 saturated carbocycles. The standard InChI is InChI=1S/C90H171NO13/c1-3-5-7-9-11-13-15-17-19-21-23-25-27-29-31-33-34-35-36-37-38-39-40-41-42-43-44-46-48-50-52-54-56-58-60-62-64-66-68-70-72-74-82(95)91-78(77-101-89-87(100)85(98)88(81(76-93)103-89)104-90-86(99)84(97)83(96)80(75-92)102-90)79(94)73-71-69-67-65-63-61-59-57-55-53-51-49-47-45-32-30-28-26-24-22-20-18-16-14-12-10-8-6-4-2/h15,17,21,23,27,29,78-81,83-90,92-94,96-100H,3-14,16,18-20,22,24-26,28,30-77H2,1-2H3,(H,91,95)/b17-15-,23-21-,29-27-. The Morgan fingerprint density at radius 3 is 0.971 bits per heavy atom. The predicted molar refractivity (Wildman–Crippen MR) is 434 cm³/mol. The van der Waals surface area contributed by atoms with Crippen molar-refractivity contribution in [3.63, 3.8) is 0 Å². The Hall–Kier alpha value is -1.79. The Labute approximate surface area is 640 Å². The van der Waals surface area contributed by atoms with E-state index in [0.29, 0.717) is 12.8 Å². The van der Waals surface area contributed by atoms with Gasteiger partial charge in [-0.05, 0) is 51.4 Å². The fourth-order valence-electron chi connectivity index (χ4n) is 15.3. The van der Waals surface area contributed by atoms with Gasteiger partial charge >= 0.3 is 0 Å². The minimum atomic E-state index is -1.78. The normalized spacial score (nSPS) is 21.6. The van der Waals surface area contributed by atoms with Crippen LogP contribution in [-0.2, 0) is 23.7 Å². The van der Waals surface area contributed by atoms with Gasteiger partial charge in [0.2, 0.25) is 5.91 Å². The van der Waals surface area contributed by atoms with Crippen LogP contribution in [0.2, 0.25) is 0 Å². The molecule has 9 N–H and O–H groups in total. The third kappa shape index (κ3) is 55.6. The highest BCUT2D eigenvalue weighted by molar-refractivity contribution is 5.76. The van der Waals surface area contributed by atoms with Crippen LogP contribution in [0.4, 0.5) is 0 Å². The molecule has 0 aromatic rings. The highest BCUT2D eigenvalue weighted by Crippen LogP contribution is 2.31. The number of unbranched alkanes of at least 4 members (excludes halogenated alkanes) is 59. The summed E-state index contributed by atoms with van der Waals surface area (Å²) in [5, 5.41) is 88.0. The molecular weight excluding hydrogens is 1300 g/mol. The number of aliphatic hydroxyl groups excluding tert-OH is 8. The zero-order valence-corrected chi connectivity index (χ0v) is 67.8. The second kappa shape index (κ2) is 74.0. The van der Waals surface area contributed by atoms with E-state index in [4.69, 9.17) is 18.9 Å². The van der Waals surface area contributed by atoms with Crippen LogP contribution in [0.5, 0.6) is 0 Å². The third-order valence-electron chi connectivity index (χ3n) is 22.4. The van der Waals surface area contributed by atoms with E-state index in [1.807, 2.05) is 0 Å². The molecule has 14 nitrogen and oxygen atoms in total. The van der Waals surface area contributed by atoms with Crippen molar-refractivity contribution in [3.8, 4) is 0 Å². The van der Waals surface area contributed by atoms with E-state index in [0.717, 1.165) is 64.2 Å². The van der Waals surface area contributed by atoms with Gasteiger partial charge in [-0.2, -0.15) is 0 Å². The van der Waals surface area contributed by atoms with Gasteiger partial charge in [-0.3, -0.25) is 4.79 Å². The van der Waals surface area contributed by atoms with Crippen LogP contribution in [0, 0.1) is 0 Å². The number of carbonyl (C=O) groups excluding carboxylic acids is 1. The fraction of sp³-hybridized carbons (Fsp3) is 0.922. The van der Waals surface area contributed by atoms with Crippen LogP contribution < -0.4 is 5.32 Å². The van der Waals surface area contributed by atoms with E-state index < -0.39 is 86.8 Å². The first-order chi connectivity index (χ1) is 51.1. The molecule has 1 amide bonds. The number of hydrogen-bond donors (Lipinski definition) is 9. The Morgan fingerprint density at radius 1 is 0.346 bits per heavy atom. The Kier molecular flexibility index (Phi) is 69.9. The quantitative estimate of drug-likeness (QED) is 0.0204. The number of ether oxygens (including phenoxy) is 4. The summed E-state index contributed by atoms with van der Waals surface area (Å²) in [5.74, 6) is -0.196. The van der Waals surface area contributed by atoms with Gasteiger partial charge in [0.25, 0.3) is 0 Å². The number of carbonyl (C=O) groups is 1. The molecule has 2 aliphatic rings. The van der Waals surface area contributed by atoms with Crippen molar-refractivity contribution < 1.29 is 64.6 Å². The second-order valence-electron chi connectivity index (χ2n) is 32.1. The summed E-state index contributed by atoms with van der Waals surface area (Å²) in [5.41, 5.74) is 0. The monoisotopic (exact) mass is 1470 g/mol. The lowest BCUT2D eigenvalue weighted by Crippen LogP contribution is -2.65. The molecule has 14 heteroatoms. The van der Waals surface area contributed by atoms with E-state index in [1.165, 1.54) is 347 Å². The Bertz CT molecular complexity index is 1890. The van der Waals surface area contributed by atoms with Gasteiger partial charge < -0.3 is 65.1 Å². The Balaban J connectivity index is 1.54. The van der Waals surface area contributed by atoms with Crippen molar-refractivity contribution in [2.45, 2.75) is 511 Å². The molecular formula is C90H171NO13. The first kappa shape index (κ1) is 98.3. The summed E-state index contributed by atoms with van der Waals surface area (Å²) >= 11 is 0. The van der Waals surface area contributed by atoms with Crippen molar-refractivity contribution in [3.05, 3.63) is 36.5 Å². The summed E-state index contributed by atoms with van der Waals surface area (Å²) in [6.45, 7) is 2.93. The van der Waals surface area contributed by atoms with Crippen LogP contribution in [0.1, 0.15) is 438 Å². The van der Waals surface area contributed by atoms with Gasteiger partial charge in [0, 0.05) is 6.42 Å². The first-order valence-electron chi connectivity index (χ1n) is 45.2. The lowest BCUT2D eigenvalue weighted by molar-refractivity contribution is -0.359. The molecule has 0 aliphatic carbocycles. The zero-order chi connectivity index (χ0) is 75.1. The molecule has 2 heterocycles. The maximum atomic E-state index is 13.4. The SMILES string of the molecule is CCCCCCC/C=C\C/C=C\C/C=C\CCCCCCCCCCCCCCCCCCCCCCCCCCCCC(=O)NC(COC1OC(CO)C(OC2OC(CO)C(O)C(O)C2O)C(O)C1O)C(O)CCCCCCCCCCCCCCCCCCCCCCCCCCCCCCC. The van der Waals surface area contributed by atoms with Gasteiger partial charge in [-0.15, -0.1) is 0 Å². The average molecular weight is 1480 g/mol. The molecule has 12 unspecified atom stereocenters. The van der Waals surface area contributed by atoms with E-state index in [2.05, 4.69) is 55.6 Å². The molecule has 104 heavy (non-hydrogen) atoms. The van der Waals surface area contributed by atoms with E-state index in [-0.39, 0.29) is 12.5 Å². The van der Waals surface area contributed by atoms with Crippen LogP contribution in [-0.4, -0.2) is 140 Å². The minimum Gasteiger partial charge on any atom is -0.394 e. The smallest absolute Gasteiger partial charge is 0.220 e. The summed E-state index contributed by atoms with van der Waals surface area (Å²) < 4.78 is 23.0. The van der Waals surface area contributed by atoms with Crippen molar-refractivity contribution in [2.75, 3.05) is 19.8 Å². The highest BCUT2D eigenvalue weighted by Gasteiger charge is 2.51. The number of hydrogen-bond acceptors (Lipinski definition) is 13. The topological polar surface area (TPSA) is 228 Å². The van der Waals surface area contributed by atoms with Gasteiger partial charge in [0.15, 0.2) is 12.6 Å². The molecule has 0 bridgehead atoms. The fourth-order valence-corrected chi connectivity index (χ4v) is 15.3. The molecule has 2 fully saturated rings. The molecule has 2 saturated heterocycles. The van der Waals surface area contributed by atoms with Gasteiger partial charge in [-0.25, -0.2) is 0 Å². The molecule has 0 aromatic carbocycles. The number of aliphatic hydroxyl groups is 8. The molecule has 0 spiro atoms. The molecule has 2 aliphatic heterocycles. The molecule has 0 aromatic heterocycles. The van der Waals surface area contributed by atoms with Crippen molar-refractivity contribution in [2.24, 2.45) is 0 Å².